The molecule has 1 saturated heterocycles. The summed E-state index contributed by atoms with van der Waals surface area (Å²) in [5, 5.41) is 15.5. The lowest BCUT2D eigenvalue weighted by molar-refractivity contribution is -0.384. The van der Waals surface area contributed by atoms with Crippen LogP contribution < -0.4 is 10.3 Å². The fraction of sp³-hybridized carbons (Fsp3) is 0.385. The summed E-state index contributed by atoms with van der Waals surface area (Å²) in [7, 11) is -3.86. The van der Waals surface area contributed by atoms with Gasteiger partial charge in [0.25, 0.3) is 11.2 Å². The molecule has 4 heterocycles. The van der Waals surface area contributed by atoms with Gasteiger partial charge in [-0.2, -0.15) is 9.40 Å². The summed E-state index contributed by atoms with van der Waals surface area (Å²) >= 11 is 0. The highest BCUT2D eigenvalue weighted by Gasteiger charge is 2.30. The molecule has 216 valence electrons. The minimum Gasteiger partial charge on any atom is -0.477 e. The van der Waals surface area contributed by atoms with Gasteiger partial charge in [0.1, 0.15) is 16.2 Å². The van der Waals surface area contributed by atoms with Crippen LogP contribution in [0.25, 0.3) is 28.1 Å². The number of nitro benzene ring substituents is 1. The Kier molecular flexibility index (Phi) is 7.84. The Balaban J connectivity index is 1.61. The summed E-state index contributed by atoms with van der Waals surface area (Å²) in [5.74, 6) is 0.217. The predicted octanol–water partition coefficient (Wildman–Crippen LogP) is 2.37. The number of ether oxygens (including phenoxy) is 1. The van der Waals surface area contributed by atoms with Crippen LogP contribution in [0.3, 0.4) is 0 Å². The number of likely N-dealkylation sites (N-methyl/N-ethyl adjacent to an activating group) is 1. The number of aromatic amines is 1. The minimum absolute atomic E-state index is 0.0269. The molecule has 1 fully saturated rings. The van der Waals surface area contributed by atoms with Gasteiger partial charge in [0, 0.05) is 38.3 Å². The summed E-state index contributed by atoms with van der Waals surface area (Å²) in [4.78, 5) is 37.7. The first-order chi connectivity index (χ1) is 19.7. The number of aryl methyl sites for hydroxylation is 1. The number of nitro groups is 1. The third-order valence-corrected chi connectivity index (χ3v) is 8.91. The number of pyridine rings is 1. The Morgan fingerprint density at radius 2 is 1.78 bits per heavy atom. The van der Waals surface area contributed by atoms with Crippen LogP contribution in [0.2, 0.25) is 0 Å². The van der Waals surface area contributed by atoms with E-state index in [0.717, 1.165) is 6.54 Å². The van der Waals surface area contributed by atoms with Gasteiger partial charge < -0.3 is 14.6 Å². The van der Waals surface area contributed by atoms with Crippen LogP contribution in [0, 0.1) is 10.1 Å². The van der Waals surface area contributed by atoms with Gasteiger partial charge in [-0.1, -0.05) is 13.8 Å². The molecule has 0 saturated carbocycles. The molecule has 1 N–H and O–H groups in total. The summed E-state index contributed by atoms with van der Waals surface area (Å²) in [6, 6.07) is 7.24. The number of piperazine rings is 1. The second kappa shape index (κ2) is 11.3. The van der Waals surface area contributed by atoms with E-state index < -0.39 is 20.5 Å². The summed E-state index contributed by atoms with van der Waals surface area (Å²) in [5.41, 5.74) is 1.14. The van der Waals surface area contributed by atoms with Crippen LogP contribution in [-0.4, -0.2) is 86.6 Å². The number of benzene rings is 1. The number of hydrogen-bond acceptors (Lipinski definition) is 10. The molecule has 3 aromatic heterocycles. The smallest absolute Gasteiger partial charge is 0.279 e. The lowest BCUT2D eigenvalue weighted by Gasteiger charge is -2.33. The van der Waals surface area contributed by atoms with Crippen LogP contribution >= 0.6 is 0 Å². The first kappa shape index (κ1) is 28.3. The molecule has 0 radical (unpaired) electrons. The zero-order valence-electron chi connectivity index (χ0n) is 22.9. The third-order valence-electron chi connectivity index (χ3n) is 7.04. The van der Waals surface area contributed by atoms with Crippen molar-refractivity contribution in [3.63, 3.8) is 0 Å². The number of rotatable bonds is 9. The Bertz CT molecular complexity index is 1760. The zero-order valence-corrected chi connectivity index (χ0v) is 23.7. The first-order valence-electron chi connectivity index (χ1n) is 13.3. The lowest BCUT2D eigenvalue weighted by atomic mass is 10.2. The van der Waals surface area contributed by atoms with Crippen molar-refractivity contribution in [2.24, 2.45) is 0 Å². The maximum absolute atomic E-state index is 13.5. The highest BCUT2D eigenvalue weighted by Crippen LogP contribution is 2.31. The molecule has 0 aliphatic carbocycles. The van der Waals surface area contributed by atoms with Crippen LogP contribution in [0.5, 0.6) is 5.88 Å². The van der Waals surface area contributed by atoms with E-state index in [2.05, 4.69) is 25.0 Å². The summed E-state index contributed by atoms with van der Waals surface area (Å²) < 4.78 is 35.7. The molecule has 1 aromatic carbocycles. The number of nitrogens with one attached hydrogen (secondary N) is 1. The van der Waals surface area contributed by atoms with Gasteiger partial charge in [0.05, 0.1) is 34.7 Å². The Morgan fingerprint density at radius 3 is 2.39 bits per heavy atom. The molecule has 14 nitrogen and oxygen atoms in total. The normalized spacial score (nSPS) is 14.9. The molecule has 0 amide bonds. The standard InChI is InChI=1S/C26H30N8O6S/c1-4-21-22-23(30-33(21)17-7-9-18(10-8-17)34(36)37)25(35)29-24(28-22)20-15-19(16-27-26(20)40-6-3)41(38,39)32-13-11-31(5-2)12-14-32/h7-10,15-16H,4-6,11-14H2,1-3H3,(H,28,29,35). The van der Waals surface area contributed by atoms with E-state index in [1.807, 2.05) is 13.8 Å². The number of aromatic nitrogens is 5. The van der Waals surface area contributed by atoms with Crippen molar-refractivity contribution < 1.29 is 18.1 Å². The van der Waals surface area contributed by atoms with Gasteiger partial charge in [-0.05, 0) is 38.1 Å². The fourth-order valence-corrected chi connectivity index (χ4v) is 6.22. The maximum Gasteiger partial charge on any atom is 0.279 e. The van der Waals surface area contributed by atoms with Gasteiger partial charge in [-0.15, -0.1) is 0 Å². The van der Waals surface area contributed by atoms with Crippen molar-refractivity contribution in [2.75, 3.05) is 39.3 Å². The van der Waals surface area contributed by atoms with Gasteiger partial charge in [-0.3, -0.25) is 14.9 Å². The second-order valence-corrected chi connectivity index (χ2v) is 11.3. The lowest BCUT2D eigenvalue weighted by Crippen LogP contribution is -2.48. The molecule has 0 atom stereocenters. The van der Waals surface area contributed by atoms with E-state index in [-0.39, 0.29) is 40.0 Å². The third kappa shape index (κ3) is 5.30. The van der Waals surface area contributed by atoms with E-state index in [1.165, 1.54) is 33.4 Å². The van der Waals surface area contributed by atoms with Crippen LogP contribution in [0.1, 0.15) is 26.5 Å². The zero-order chi connectivity index (χ0) is 29.3. The number of H-pyrrole nitrogens is 1. The van der Waals surface area contributed by atoms with E-state index in [0.29, 0.717) is 49.5 Å². The minimum atomic E-state index is -3.86. The Morgan fingerprint density at radius 1 is 1.07 bits per heavy atom. The Hall–Kier alpha value is -4.21. The summed E-state index contributed by atoms with van der Waals surface area (Å²) in [6.07, 6.45) is 1.70. The first-order valence-corrected chi connectivity index (χ1v) is 14.7. The van der Waals surface area contributed by atoms with Crippen LogP contribution in [0.4, 0.5) is 5.69 Å². The molecule has 15 heteroatoms. The topological polar surface area (TPSA) is 169 Å². The number of non-ortho nitro benzene ring substituents is 1. The molecular formula is C26H30N8O6S. The van der Waals surface area contributed by atoms with Crippen molar-refractivity contribution in [1.82, 2.24) is 33.9 Å². The predicted molar refractivity (Wildman–Crippen MR) is 151 cm³/mol. The molecule has 0 bridgehead atoms. The van der Waals surface area contributed by atoms with Crippen molar-refractivity contribution in [1.29, 1.82) is 0 Å². The highest BCUT2D eigenvalue weighted by atomic mass is 32.2. The van der Waals surface area contributed by atoms with E-state index in [9.17, 15) is 23.3 Å². The Labute approximate surface area is 235 Å². The molecule has 1 aliphatic heterocycles. The molecule has 0 unspecified atom stereocenters. The molecule has 4 aromatic rings. The van der Waals surface area contributed by atoms with Crippen LogP contribution in [-0.2, 0) is 16.4 Å². The number of sulfonamides is 1. The molecule has 5 rings (SSSR count). The van der Waals surface area contributed by atoms with E-state index in [4.69, 9.17) is 4.74 Å². The van der Waals surface area contributed by atoms with Gasteiger partial charge in [0.15, 0.2) is 5.52 Å². The SMILES string of the molecule is CCOc1ncc(S(=O)(=O)N2CCN(CC)CC2)cc1-c1nc2c(CC)n(-c3ccc([N+](=O)[O-])cc3)nc2c(=O)[nH]1. The van der Waals surface area contributed by atoms with Gasteiger partial charge in [-0.25, -0.2) is 23.1 Å². The highest BCUT2D eigenvalue weighted by molar-refractivity contribution is 7.89. The maximum atomic E-state index is 13.5. The fourth-order valence-electron chi connectivity index (χ4n) is 4.83. The largest absolute Gasteiger partial charge is 0.477 e. The quantitative estimate of drug-likeness (QED) is 0.228. The van der Waals surface area contributed by atoms with E-state index >= 15 is 0 Å². The average molecular weight is 583 g/mol. The van der Waals surface area contributed by atoms with Crippen molar-refractivity contribution in [2.45, 2.75) is 32.1 Å². The number of hydrogen-bond donors (Lipinski definition) is 1. The molecule has 1 aliphatic rings. The van der Waals surface area contributed by atoms with Crippen LogP contribution in [0.15, 0.2) is 46.2 Å². The number of fused-ring (bicyclic) bond motifs is 1. The monoisotopic (exact) mass is 582 g/mol. The van der Waals surface area contributed by atoms with E-state index in [1.54, 1.807) is 19.1 Å². The van der Waals surface area contributed by atoms with Gasteiger partial charge in [0.2, 0.25) is 15.9 Å². The molecular weight excluding hydrogens is 552 g/mol. The molecule has 41 heavy (non-hydrogen) atoms. The van der Waals surface area contributed by atoms with Gasteiger partial charge >= 0.3 is 0 Å². The van der Waals surface area contributed by atoms with Crippen molar-refractivity contribution in [3.05, 3.63) is 62.7 Å². The van der Waals surface area contributed by atoms with Crippen molar-refractivity contribution in [3.8, 4) is 23.0 Å². The average Bonchev–Trinajstić information content (AvgIpc) is 3.36. The second-order valence-electron chi connectivity index (χ2n) is 9.39. The molecule has 0 spiro atoms. The van der Waals surface area contributed by atoms with Crippen molar-refractivity contribution >= 4 is 26.7 Å². The summed E-state index contributed by atoms with van der Waals surface area (Å²) in [6.45, 7) is 8.79. The number of nitrogens with zero attached hydrogens (tertiary/aromatic N) is 7.